The van der Waals surface area contributed by atoms with Gasteiger partial charge in [-0.25, -0.2) is 0 Å². The zero-order chi connectivity index (χ0) is 34.4. The Labute approximate surface area is 284 Å². The fraction of sp³-hybridized carbons (Fsp3) is 0.946. The van der Waals surface area contributed by atoms with Gasteiger partial charge in [0.1, 0.15) is 6.61 Å². The van der Waals surface area contributed by atoms with Gasteiger partial charge < -0.3 is 23.4 Å². The Morgan fingerprint density at radius 3 is 1.39 bits per heavy atom. The van der Waals surface area contributed by atoms with E-state index in [0.717, 1.165) is 45.1 Å². The summed E-state index contributed by atoms with van der Waals surface area (Å²) in [5.74, 6) is -0.721. The van der Waals surface area contributed by atoms with Crippen LogP contribution in [-0.4, -0.2) is 74.5 Å². The van der Waals surface area contributed by atoms with Gasteiger partial charge in [-0.1, -0.05) is 142 Å². The average molecular weight is 677 g/mol. The second kappa shape index (κ2) is 30.1. The van der Waals surface area contributed by atoms with E-state index in [0.29, 0.717) is 17.3 Å². The van der Waals surface area contributed by atoms with Crippen LogP contribution in [0.25, 0.3) is 0 Å². The van der Waals surface area contributed by atoms with Crippen LogP contribution in [0, 0.1) is 0 Å². The van der Waals surface area contributed by atoms with Gasteiger partial charge in [-0.3, -0.25) is 14.2 Å². The third-order valence-electron chi connectivity index (χ3n) is 8.43. The summed E-state index contributed by atoms with van der Waals surface area (Å²) in [6, 6.07) is 0. The number of unbranched alkanes of at least 4 members (excludes halogenated alkanes) is 20. The summed E-state index contributed by atoms with van der Waals surface area (Å²) in [5, 5.41) is 0. The van der Waals surface area contributed by atoms with Crippen LogP contribution in [-0.2, 0) is 28.2 Å². The van der Waals surface area contributed by atoms with Gasteiger partial charge in [0.2, 0.25) is 0 Å². The Morgan fingerprint density at radius 1 is 0.587 bits per heavy atom. The first kappa shape index (κ1) is 45.0. The number of rotatable bonds is 34. The SMILES string of the molecule is CCCCCCCCCCCCCC(=O)OCC(COP(=O)(O)CCC[N+](C)(C)C)OC(=O)CCCCCCCCCCCCC. The summed E-state index contributed by atoms with van der Waals surface area (Å²) < 4.78 is 29.7. The number of ether oxygens (including phenoxy) is 2. The molecule has 0 radical (unpaired) electrons. The van der Waals surface area contributed by atoms with Crippen molar-refractivity contribution in [2.24, 2.45) is 0 Å². The van der Waals surface area contributed by atoms with Crippen molar-refractivity contribution in [1.29, 1.82) is 0 Å². The maximum absolute atomic E-state index is 12.6. The molecule has 0 heterocycles. The number of nitrogens with zero attached hydrogens (tertiary/aromatic N) is 1. The van der Waals surface area contributed by atoms with Gasteiger partial charge in [0.25, 0.3) is 0 Å². The van der Waals surface area contributed by atoms with Crippen molar-refractivity contribution in [1.82, 2.24) is 0 Å². The maximum Gasteiger partial charge on any atom is 0.328 e. The van der Waals surface area contributed by atoms with Crippen LogP contribution in [0.15, 0.2) is 0 Å². The second-order valence-corrected chi connectivity index (χ2v) is 16.4. The van der Waals surface area contributed by atoms with E-state index in [1.165, 1.54) is 103 Å². The molecule has 0 aliphatic heterocycles. The number of carbonyl (C=O) groups excluding carboxylic acids is 2. The van der Waals surface area contributed by atoms with E-state index in [2.05, 4.69) is 13.8 Å². The largest absolute Gasteiger partial charge is 0.462 e. The molecule has 1 N–H and O–H groups in total. The van der Waals surface area contributed by atoms with Crippen molar-refractivity contribution in [3.63, 3.8) is 0 Å². The van der Waals surface area contributed by atoms with Crippen molar-refractivity contribution in [3.05, 3.63) is 0 Å². The molecule has 0 amide bonds. The highest BCUT2D eigenvalue weighted by Crippen LogP contribution is 2.42. The van der Waals surface area contributed by atoms with Gasteiger partial charge in [0.15, 0.2) is 6.10 Å². The zero-order valence-corrected chi connectivity index (χ0v) is 31.8. The number of quaternary nitrogens is 1. The van der Waals surface area contributed by atoms with Gasteiger partial charge in [-0.05, 0) is 12.8 Å². The molecule has 0 bridgehead atoms. The molecular formula is C37H75NO7P+. The maximum atomic E-state index is 12.6. The molecule has 46 heavy (non-hydrogen) atoms. The molecule has 0 aromatic heterocycles. The van der Waals surface area contributed by atoms with E-state index >= 15 is 0 Å². The summed E-state index contributed by atoms with van der Waals surface area (Å²) in [6.45, 7) is 4.78. The minimum Gasteiger partial charge on any atom is -0.462 e. The van der Waals surface area contributed by atoms with E-state index in [4.69, 9.17) is 14.0 Å². The van der Waals surface area contributed by atoms with Crippen molar-refractivity contribution in [2.75, 3.05) is 47.1 Å². The van der Waals surface area contributed by atoms with Crippen LogP contribution in [0.5, 0.6) is 0 Å². The third-order valence-corrected chi connectivity index (χ3v) is 9.86. The highest BCUT2D eigenvalue weighted by Gasteiger charge is 2.25. The molecule has 0 aromatic carbocycles. The first-order valence-electron chi connectivity index (χ1n) is 19.1. The Morgan fingerprint density at radius 2 is 0.978 bits per heavy atom. The Balaban J connectivity index is 4.44. The second-order valence-electron chi connectivity index (χ2n) is 14.4. The molecule has 0 rings (SSSR count). The van der Waals surface area contributed by atoms with E-state index in [-0.39, 0.29) is 37.7 Å². The van der Waals surface area contributed by atoms with Crippen LogP contribution >= 0.6 is 7.60 Å². The minimum absolute atomic E-state index is 0.0283. The summed E-state index contributed by atoms with van der Waals surface area (Å²) in [7, 11) is 2.23. The summed E-state index contributed by atoms with van der Waals surface area (Å²) >= 11 is 0. The molecule has 0 saturated heterocycles. The summed E-state index contributed by atoms with van der Waals surface area (Å²) in [5.41, 5.74) is 0. The fourth-order valence-electron chi connectivity index (χ4n) is 5.50. The minimum atomic E-state index is -3.85. The summed E-state index contributed by atoms with van der Waals surface area (Å²) in [6.07, 6.45) is 26.7. The molecule has 9 heteroatoms. The molecular weight excluding hydrogens is 601 g/mol. The number of esters is 2. The highest BCUT2D eigenvalue weighted by molar-refractivity contribution is 7.52. The monoisotopic (exact) mass is 677 g/mol. The number of carbonyl (C=O) groups is 2. The van der Waals surface area contributed by atoms with Crippen molar-refractivity contribution >= 4 is 19.5 Å². The highest BCUT2D eigenvalue weighted by atomic mass is 31.2. The van der Waals surface area contributed by atoms with Gasteiger partial charge in [0, 0.05) is 19.3 Å². The molecule has 274 valence electrons. The fourth-order valence-corrected chi connectivity index (χ4v) is 6.56. The third kappa shape index (κ3) is 33.0. The van der Waals surface area contributed by atoms with Crippen LogP contribution in [0.2, 0.25) is 0 Å². The van der Waals surface area contributed by atoms with Crippen molar-refractivity contribution < 1.29 is 37.5 Å². The number of hydrogen-bond acceptors (Lipinski definition) is 6. The zero-order valence-electron chi connectivity index (χ0n) is 30.9. The predicted octanol–water partition coefficient (Wildman–Crippen LogP) is 10.1. The van der Waals surface area contributed by atoms with Gasteiger partial charge in [-0.15, -0.1) is 0 Å². The first-order chi connectivity index (χ1) is 22.0. The van der Waals surface area contributed by atoms with Crippen molar-refractivity contribution in [3.8, 4) is 0 Å². The molecule has 0 spiro atoms. The van der Waals surface area contributed by atoms with Crippen LogP contribution in [0.4, 0.5) is 0 Å². The lowest BCUT2D eigenvalue weighted by Crippen LogP contribution is -2.35. The van der Waals surface area contributed by atoms with E-state index in [1.54, 1.807) is 0 Å². The normalized spacial score (nSPS) is 13.8. The molecule has 0 aliphatic rings. The van der Waals surface area contributed by atoms with Crippen LogP contribution < -0.4 is 0 Å². The van der Waals surface area contributed by atoms with Crippen molar-refractivity contribution in [2.45, 2.75) is 180 Å². The molecule has 8 nitrogen and oxygen atoms in total. The lowest BCUT2D eigenvalue weighted by atomic mass is 10.1. The average Bonchev–Trinajstić information content (AvgIpc) is 2.99. The van der Waals surface area contributed by atoms with E-state index in [9.17, 15) is 19.0 Å². The van der Waals surface area contributed by atoms with E-state index in [1.807, 2.05) is 21.1 Å². The van der Waals surface area contributed by atoms with E-state index < -0.39 is 13.7 Å². The molecule has 0 fully saturated rings. The lowest BCUT2D eigenvalue weighted by Gasteiger charge is -2.24. The lowest BCUT2D eigenvalue weighted by molar-refractivity contribution is -0.870. The molecule has 2 atom stereocenters. The Kier molecular flexibility index (Phi) is 29.5. The van der Waals surface area contributed by atoms with Gasteiger partial charge >= 0.3 is 19.5 Å². The molecule has 0 aliphatic carbocycles. The number of hydrogen-bond donors (Lipinski definition) is 1. The van der Waals surface area contributed by atoms with Gasteiger partial charge in [0.05, 0.1) is 40.5 Å². The first-order valence-corrected chi connectivity index (χ1v) is 20.9. The Hall–Kier alpha value is -0.950. The van der Waals surface area contributed by atoms with Crippen LogP contribution in [0.3, 0.4) is 0 Å². The smallest absolute Gasteiger partial charge is 0.328 e. The summed E-state index contributed by atoms with van der Waals surface area (Å²) in [4.78, 5) is 35.3. The van der Waals surface area contributed by atoms with Crippen LogP contribution in [0.1, 0.15) is 174 Å². The quantitative estimate of drug-likeness (QED) is 0.0313. The molecule has 0 aromatic rings. The Bertz CT molecular complexity index is 771. The topological polar surface area (TPSA) is 99.1 Å². The standard InChI is InChI=1S/C37H74NO7P/c1-6-8-10-12-14-16-18-20-22-24-26-29-36(39)43-33-35(34-44-46(41,42)32-28-31-38(3,4)5)45-37(40)30-27-25-23-21-19-17-15-13-11-9-7-2/h35H,6-34H2,1-5H3/p+1. The van der Waals surface area contributed by atoms with Gasteiger partial charge in [-0.2, -0.15) is 0 Å². The molecule has 0 saturated carbocycles. The predicted molar refractivity (Wildman–Crippen MR) is 191 cm³/mol. The molecule has 2 unspecified atom stereocenters.